The molecule has 0 fully saturated rings. The number of hydrogen-bond donors (Lipinski definition) is 2. The van der Waals surface area contributed by atoms with Crippen LogP contribution in [-0.2, 0) is 17.6 Å². The second-order valence-corrected chi connectivity index (χ2v) is 5.58. The normalized spacial score (nSPS) is 12.1. The van der Waals surface area contributed by atoms with E-state index in [1.165, 1.54) is 16.7 Å². The molecule has 2 rings (SSSR count). The third-order valence-corrected chi connectivity index (χ3v) is 4.10. The number of benzene rings is 2. The lowest BCUT2D eigenvalue weighted by Crippen LogP contribution is -2.35. The van der Waals surface area contributed by atoms with Gasteiger partial charge in [-0.1, -0.05) is 49.4 Å². The summed E-state index contributed by atoms with van der Waals surface area (Å²) in [6.07, 6.45) is 1.51. The maximum Gasteiger partial charge on any atom is 0.321 e. The van der Waals surface area contributed by atoms with Crippen LogP contribution in [0.2, 0.25) is 0 Å². The lowest BCUT2D eigenvalue weighted by Gasteiger charge is -2.12. The number of rotatable bonds is 6. The maximum absolute atomic E-state index is 11.1. The van der Waals surface area contributed by atoms with Gasteiger partial charge in [-0.2, -0.15) is 0 Å². The van der Waals surface area contributed by atoms with Crippen LogP contribution in [0.4, 0.5) is 0 Å². The first-order valence-corrected chi connectivity index (χ1v) is 7.64. The van der Waals surface area contributed by atoms with Gasteiger partial charge < -0.3 is 10.4 Å². The Morgan fingerprint density at radius 1 is 1.14 bits per heavy atom. The van der Waals surface area contributed by atoms with Crippen molar-refractivity contribution in [3.8, 4) is 11.1 Å². The Bertz CT molecular complexity index is 647. The average molecular weight is 297 g/mol. The highest BCUT2D eigenvalue weighted by atomic mass is 16.4. The highest BCUT2D eigenvalue weighted by Gasteiger charge is 2.15. The van der Waals surface area contributed by atoms with E-state index in [1.807, 2.05) is 12.1 Å². The van der Waals surface area contributed by atoms with Crippen LogP contribution in [0.25, 0.3) is 11.1 Å². The van der Waals surface area contributed by atoms with Gasteiger partial charge in [0, 0.05) is 0 Å². The minimum atomic E-state index is -0.822. The van der Waals surface area contributed by atoms with Gasteiger partial charge in [-0.05, 0) is 54.6 Å². The molecule has 0 aliphatic carbocycles. The number of hydrogen-bond acceptors (Lipinski definition) is 2. The smallest absolute Gasteiger partial charge is 0.321 e. The molecule has 3 heteroatoms. The van der Waals surface area contributed by atoms with Crippen molar-refractivity contribution in [2.75, 3.05) is 7.05 Å². The molecule has 0 amide bonds. The van der Waals surface area contributed by atoms with Crippen LogP contribution < -0.4 is 5.32 Å². The first-order chi connectivity index (χ1) is 10.5. The van der Waals surface area contributed by atoms with E-state index in [-0.39, 0.29) is 0 Å². The van der Waals surface area contributed by atoms with Crippen molar-refractivity contribution in [3.63, 3.8) is 0 Å². The van der Waals surface area contributed by atoms with E-state index in [0.717, 1.165) is 17.5 Å². The van der Waals surface area contributed by atoms with Gasteiger partial charge in [-0.3, -0.25) is 4.79 Å². The number of nitrogens with one attached hydrogen (secondary N) is 1. The molecule has 2 aromatic rings. The van der Waals surface area contributed by atoms with E-state index < -0.39 is 12.0 Å². The largest absolute Gasteiger partial charge is 0.480 e. The number of carbonyl (C=O) groups is 1. The molecule has 1 atom stereocenters. The van der Waals surface area contributed by atoms with Gasteiger partial charge in [-0.15, -0.1) is 0 Å². The lowest BCUT2D eigenvalue weighted by molar-refractivity contribution is -0.139. The van der Waals surface area contributed by atoms with Crippen molar-refractivity contribution in [2.45, 2.75) is 32.7 Å². The predicted molar refractivity (Wildman–Crippen MR) is 90.2 cm³/mol. The fraction of sp³-hybridized carbons (Fsp3) is 0.316. The molecular weight excluding hydrogens is 274 g/mol. The number of aliphatic carboxylic acids is 1. The highest BCUT2D eigenvalue weighted by Crippen LogP contribution is 2.23. The predicted octanol–water partition coefficient (Wildman–Crippen LogP) is 3.44. The first kappa shape index (κ1) is 16.2. The first-order valence-electron chi connectivity index (χ1n) is 7.64. The monoisotopic (exact) mass is 297 g/mol. The molecule has 0 spiro atoms. The van der Waals surface area contributed by atoms with Gasteiger partial charge in [0.25, 0.3) is 0 Å². The second-order valence-electron chi connectivity index (χ2n) is 5.58. The van der Waals surface area contributed by atoms with Crippen molar-refractivity contribution in [1.29, 1.82) is 0 Å². The number of aryl methyl sites for hydroxylation is 2. The van der Waals surface area contributed by atoms with Crippen molar-refractivity contribution in [1.82, 2.24) is 5.32 Å². The Labute approximate surface area is 132 Å². The van der Waals surface area contributed by atoms with Crippen LogP contribution in [0.5, 0.6) is 0 Å². The zero-order valence-electron chi connectivity index (χ0n) is 13.4. The summed E-state index contributed by atoms with van der Waals surface area (Å²) in [4.78, 5) is 11.1. The van der Waals surface area contributed by atoms with Crippen LogP contribution in [-0.4, -0.2) is 24.2 Å². The molecule has 0 aliphatic rings. The summed E-state index contributed by atoms with van der Waals surface area (Å²) in [5, 5.41) is 11.9. The van der Waals surface area contributed by atoms with Crippen LogP contribution in [0.3, 0.4) is 0 Å². The van der Waals surface area contributed by atoms with Gasteiger partial charge in [-0.25, -0.2) is 0 Å². The van der Waals surface area contributed by atoms with Crippen molar-refractivity contribution < 1.29 is 9.90 Å². The summed E-state index contributed by atoms with van der Waals surface area (Å²) < 4.78 is 0. The summed E-state index contributed by atoms with van der Waals surface area (Å²) in [5.41, 5.74) is 6.07. The number of carboxylic acid groups (broad SMARTS) is 1. The minimum Gasteiger partial charge on any atom is -0.480 e. The summed E-state index contributed by atoms with van der Waals surface area (Å²) in [5.74, 6) is -0.822. The Morgan fingerprint density at radius 2 is 1.77 bits per heavy atom. The molecule has 22 heavy (non-hydrogen) atoms. The van der Waals surface area contributed by atoms with E-state index in [0.29, 0.717) is 6.42 Å². The maximum atomic E-state index is 11.1. The molecule has 0 heterocycles. The molecule has 0 saturated heterocycles. The van der Waals surface area contributed by atoms with Crippen LogP contribution in [0.15, 0.2) is 42.5 Å². The fourth-order valence-electron chi connectivity index (χ4n) is 2.61. The third kappa shape index (κ3) is 3.74. The molecule has 0 aromatic heterocycles. The number of carboxylic acids is 1. The Morgan fingerprint density at radius 3 is 2.32 bits per heavy atom. The molecular formula is C19H23NO2. The van der Waals surface area contributed by atoms with Crippen LogP contribution in [0.1, 0.15) is 23.6 Å². The Kier molecular flexibility index (Phi) is 5.34. The highest BCUT2D eigenvalue weighted by molar-refractivity contribution is 5.74. The number of likely N-dealkylation sites (N-methyl/N-ethyl adjacent to an activating group) is 1. The van der Waals surface area contributed by atoms with E-state index >= 15 is 0 Å². The molecule has 0 radical (unpaired) electrons. The molecule has 0 bridgehead atoms. The summed E-state index contributed by atoms with van der Waals surface area (Å²) in [7, 11) is 1.67. The molecule has 1 unspecified atom stereocenters. The molecule has 3 nitrogen and oxygen atoms in total. The Balaban J connectivity index is 2.20. The van der Waals surface area contributed by atoms with Gasteiger partial charge in [0.2, 0.25) is 0 Å². The van der Waals surface area contributed by atoms with Crippen molar-refractivity contribution >= 4 is 5.97 Å². The molecule has 0 aliphatic heterocycles. The van der Waals surface area contributed by atoms with E-state index in [4.69, 9.17) is 5.11 Å². The van der Waals surface area contributed by atoms with Gasteiger partial charge in [0.1, 0.15) is 6.04 Å². The van der Waals surface area contributed by atoms with E-state index in [2.05, 4.69) is 49.5 Å². The molecule has 2 aromatic carbocycles. The third-order valence-electron chi connectivity index (χ3n) is 4.10. The van der Waals surface area contributed by atoms with E-state index in [9.17, 15) is 4.79 Å². The molecule has 116 valence electrons. The molecule has 0 saturated carbocycles. The second kappa shape index (κ2) is 7.23. The SMILES string of the molecule is CCc1cc(-c2ccc(CC(NC)C(=O)O)cc2)ccc1C. The van der Waals surface area contributed by atoms with Gasteiger partial charge in [0.05, 0.1) is 0 Å². The standard InChI is InChI=1S/C19H23NO2/c1-4-15-12-17(8-5-13(15)2)16-9-6-14(7-10-16)11-18(20-3)19(21)22/h5-10,12,18,20H,4,11H2,1-3H3,(H,21,22). The lowest BCUT2D eigenvalue weighted by atomic mass is 9.97. The van der Waals surface area contributed by atoms with Crippen LogP contribution in [0, 0.1) is 6.92 Å². The van der Waals surface area contributed by atoms with Crippen molar-refractivity contribution in [2.24, 2.45) is 0 Å². The summed E-state index contributed by atoms with van der Waals surface area (Å²) >= 11 is 0. The quantitative estimate of drug-likeness (QED) is 0.858. The fourth-order valence-corrected chi connectivity index (χ4v) is 2.61. The average Bonchev–Trinajstić information content (AvgIpc) is 2.53. The Hall–Kier alpha value is -2.13. The van der Waals surface area contributed by atoms with Crippen molar-refractivity contribution in [3.05, 3.63) is 59.2 Å². The zero-order valence-corrected chi connectivity index (χ0v) is 13.4. The summed E-state index contributed by atoms with van der Waals surface area (Å²) in [6, 6.07) is 14.1. The van der Waals surface area contributed by atoms with Gasteiger partial charge in [0.15, 0.2) is 0 Å². The van der Waals surface area contributed by atoms with E-state index in [1.54, 1.807) is 7.05 Å². The topological polar surface area (TPSA) is 49.3 Å². The van der Waals surface area contributed by atoms with Gasteiger partial charge >= 0.3 is 5.97 Å². The summed E-state index contributed by atoms with van der Waals surface area (Å²) in [6.45, 7) is 4.30. The molecule has 2 N–H and O–H groups in total. The van der Waals surface area contributed by atoms with Crippen LogP contribution >= 0.6 is 0 Å². The minimum absolute atomic E-state index is 0.486. The zero-order chi connectivity index (χ0) is 16.1.